The number of aldehydes is 1. The van der Waals surface area contributed by atoms with Gasteiger partial charge in [-0.25, -0.2) is 4.39 Å². The van der Waals surface area contributed by atoms with Crippen molar-refractivity contribution in [2.45, 2.75) is 4.90 Å². The van der Waals surface area contributed by atoms with Crippen molar-refractivity contribution < 1.29 is 9.18 Å². The number of thioether (sulfide) groups is 1. The van der Waals surface area contributed by atoms with Crippen molar-refractivity contribution in [3.05, 3.63) is 27.1 Å². The molecule has 12 heavy (non-hydrogen) atoms. The van der Waals surface area contributed by atoms with E-state index < -0.39 is 0 Å². The van der Waals surface area contributed by atoms with Crippen molar-refractivity contribution in [3.8, 4) is 0 Å². The number of hydrogen-bond donors (Lipinski definition) is 0. The Labute approximate surface area is 87.9 Å². The van der Waals surface area contributed by atoms with Crippen LogP contribution in [0.2, 0.25) is 0 Å². The second-order valence-electron chi connectivity index (χ2n) is 2.10. The Morgan fingerprint density at radius 2 is 2.25 bits per heavy atom. The number of halogens is 2. The highest BCUT2D eigenvalue weighted by Crippen LogP contribution is 2.26. The van der Waals surface area contributed by atoms with Crippen LogP contribution in [0.15, 0.2) is 17.0 Å². The van der Waals surface area contributed by atoms with Crippen molar-refractivity contribution in [1.82, 2.24) is 0 Å². The molecule has 1 aromatic carbocycles. The van der Waals surface area contributed by atoms with Gasteiger partial charge in [0.1, 0.15) is 0 Å². The number of carbonyl (C=O) groups is 1. The molecule has 0 aliphatic rings. The summed E-state index contributed by atoms with van der Waals surface area (Å²) < 4.78 is 13.8. The Bertz CT molecular complexity index is 314. The third kappa shape index (κ3) is 1.80. The number of hydrogen-bond acceptors (Lipinski definition) is 2. The lowest BCUT2D eigenvalue weighted by Crippen LogP contribution is -1.92. The summed E-state index contributed by atoms with van der Waals surface area (Å²) in [5.41, 5.74) is 0.417. The number of carbonyl (C=O) groups excluding carboxylic acids is 1. The highest BCUT2D eigenvalue weighted by atomic mass is 127. The molecule has 0 fully saturated rings. The van der Waals surface area contributed by atoms with Gasteiger partial charge < -0.3 is 0 Å². The molecule has 0 N–H and O–H groups in total. The molecular weight excluding hydrogens is 290 g/mol. The largest absolute Gasteiger partial charge is 0.298 e. The van der Waals surface area contributed by atoms with E-state index in [4.69, 9.17) is 0 Å². The van der Waals surface area contributed by atoms with Crippen LogP contribution in [0.3, 0.4) is 0 Å². The standard InChI is InChI=1S/C8H6FIOS/c1-12-8-5(4-11)2-3-6(10)7(8)9/h2-4H,1H3. The minimum absolute atomic E-state index is 0.298. The van der Waals surface area contributed by atoms with Crippen LogP contribution in [0.4, 0.5) is 4.39 Å². The minimum Gasteiger partial charge on any atom is -0.298 e. The van der Waals surface area contributed by atoms with Crippen molar-refractivity contribution in [3.63, 3.8) is 0 Å². The quantitative estimate of drug-likeness (QED) is 0.474. The molecule has 0 aromatic heterocycles. The van der Waals surface area contributed by atoms with E-state index in [0.717, 1.165) is 0 Å². The summed E-state index contributed by atoms with van der Waals surface area (Å²) in [6, 6.07) is 3.23. The molecule has 0 bridgehead atoms. The van der Waals surface area contributed by atoms with Crippen molar-refractivity contribution in [2.75, 3.05) is 6.26 Å². The highest BCUT2D eigenvalue weighted by molar-refractivity contribution is 14.1. The minimum atomic E-state index is -0.298. The Kier molecular flexibility index (Phi) is 3.52. The molecule has 0 atom stereocenters. The molecule has 0 unspecified atom stereocenters. The van der Waals surface area contributed by atoms with Crippen LogP contribution in [0, 0.1) is 9.39 Å². The normalized spacial score (nSPS) is 9.92. The van der Waals surface area contributed by atoms with Gasteiger partial charge in [0.05, 0.1) is 4.90 Å². The fraction of sp³-hybridized carbons (Fsp3) is 0.125. The van der Waals surface area contributed by atoms with Gasteiger partial charge in [-0.05, 0) is 41.0 Å². The fourth-order valence-electron chi connectivity index (χ4n) is 0.847. The lowest BCUT2D eigenvalue weighted by atomic mass is 10.2. The van der Waals surface area contributed by atoms with Gasteiger partial charge in [-0.15, -0.1) is 11.8 Å². The zero-order chi connectivity index (χ0) is 9.14. The molecule has 0 saturated carbocycles. The first kappa shape index (κ1) is 9.98. The number of rotatable bonds is 2. The molecule has 0 saturated heterocycles. The molecule has 0 aliphatic heterocycles. The van der Waals surface area contributed by atoms with E-state index in [2.05, 4.69) is 0 Å². The molecule has 1 nitrogen and oxygen atoms in total. The summed E-state index contributed by atoms with van der Waals surface area (Å²) in [7, 11) is 0. The Morgan fingerprint density at radius 3 is 2.75 bits per heavy atom. The van der Waals surface area contributed by atoms with E-state index in [0.29, 0.717) is 20.3 Å². The fourth-order valence-corrected chi connectivity index (χ4v) is 2.12. The van der Waals surface area contributed by atoms with Gasteiger partial charge in [-0.1, -0.05) is 0 Å². The van der Waals surface area contributed by atoms with Crippen LogP contribution in [-0.2, 0) is 0 Å². The van der Waals surface area contributed by atoms with Crippen LogP contribution in [0.1, 0.15) is 10.4 Å². The van der Waals surface area contributed by atoms with E-state index >= 15 is 0 Å². The van der Waals surface area contributed by atoms with Crippen LogP contribution in [-0.4, -0.2) is 12.5 Å². The zero-order valence-electron chi connectivity index (χ0n) is 6.30. The molecular formula is C8H6FIOS. The Morgan fingerprint density at radius 1 is 1.58 bits per heavy atom. The average Bonchev–Trinajstić information content (AvgIpc) is 2.09. The van der Waals surface area contributed by atoms with Crippen LogP contribution < -0.4 is 0 Å². The van der Waals surface area contributed by atoms with Crippen LogP contribution in [0.5, 0.6) is 0 Å². The second-order valence-corrected chi connectivity index (χ2v) is 4.08. The second kappa shape index (κ2) is 4.23. The monoisotopic (exact) mass is 296 g/mol. The maximum Gasteiger partial charge on any atom is 0.151 e. The van der Waals surface area contributed by atoms with Gasteiger partial charge in [-0.2, -0.15) is 0 Å². The van der Waals surface area contributed by atoms with Gasteiger partial charge in [0, 0.05) is 9.13 Å². The topological polar surface area (TPSA) is 17.1 Å². The molecule has 1 rings (SSSR count). The summed E-state index contributed by atoms with van der Waals surface area (Å²) >= 11 is 3.15. The smallest absolute Gasteiger partial charge is 0.151 e. The molecule has 0 spiro atoms. The first-order valence-corrected chi connectivity index (χ1v) is 5.48. The van der Waals surface area contributed by atoms with Crippen molar-refractivity contribution >= 4 is 40.6 Å². The van der Waals surface area contributed by atoms with Crippen molar-refractivity contribution in [1.29, 1.82) is 0 Å². The molecule has 1 aromatic rings. The molecule has 0 amide bonds. The maximum absolute atomic E-state index is 13.3. The van der Waals surface area contributed by atoms with Gasteiger partial charge in [0.25, 0.3) is 0 Å². The molecule has 64 valence electrons. The average molecular weight is 296 g/mol. The molecule has 0 heterocycles. The van der Waals surface area contributed by atoms with E-state index in [9.17, 15) is 9.18 Å². The van der Waals surface area contributed by atoms with Gasteiger partial charge >= 0.3 is 0 Å². The lowest BCUT2D eigenvalue weighted by molar-refractivity contribution is 0.112. The van der Waals surface area contributed by atoms with Crippen LogP contribution >= 0.6 is 34.4 Å². The maximum atomic E-state index is 13.3. The van der Waals surface area contributed by atoms with E-state index in [1.54, 1.807) is 18.4 Å². The van der Waals surface area contributed by atoms with E-state index in [-0.39, 0.29) is 5.82 Å². The number of benzene rings is 1. The summed E-state index contributed by atoms with van der Waals surface area (Å²) in [6.45, 7) is 0. The van der Waals surface area contributed by atoms with Gasteiger partial charge in [0.15, 0.2) is 12.1 Å². The Balaban J connectivity index is 3.35. The first-order valence-electron chi connectivity index (χ1n) is 3.18. The summed E-state index contributed by atoms with van der Waals surface area (Å²) in [6.07, 6.45) is 2.42. The first-order chi connectivity index (χ1) is 5.70. The van der Waals surface area contributed by atoms with E-state index in [1.165, 1.54) is 11.8 Å². The summed E-state index contributed by atoms with van der Waals surface area (Å²) in [5.74, 6) is -0.298. The summed E-state index contributed by atoms with van der Waals surface area (Å²) in [4.78, 5) is 10.9. The predicted octanol–water partition coefficient (Wildman–Crippen LogP) is 2.96. The van der Waals surface area contributed by atoms with Gasteiger partial charge in [0.2, 0.25) is 0 Å². The van der Waals surface area contributed by atoms with Crippen LogP contribution in [0.25, 0.3) is 0 Å². The predicted molar refractivity (Wildman–Crippen MR) is 56.3 cm³/mol. The zero-order valence-corrected chi connectivity index (χ0v) is 9.28. The highest BCUT2D eigenvalue weighted by Gasteiger charge is 2.09. The SMILES string of the molecule is CSc1c(C=O)ccc(I)c1F. The third-order valence-electron chi connectivity index (χ3n) is 1.41. The molecule has 0 radical (unpaired) electrons. The van der Waals surface area contributed by atoms with Crippen molar-refractivity contribution in [2.24, 2.45) is 0 Å². The Hall–Kier alpha value is -0.100. The molecule has 0 aliphatic carbocycles. The van der Waals surface area contributed by atoms with Gasteiger partial charge in [-0.3, -0.25) is 4.79 Å². The molecule has 4 heteroatoms. The van der Waals surface area contributed by atoms with E-state index in [1.807, 2.05) is 22.6 Å². The lowest BCUT2D eigenvalue weighted by Gasteiger charge is -2.03. The third-order valence-corrected chi connectivity index (χ3v) is 3.07. The summed E-state index contributed by atoms with van der Waals surface area (Å²) in [5, 5.41) is 0.